The molecule has 0 aliphatic rings. The van der Waals surface area contributed by atoms with Crippen LogP contribution in [0.1, 0.15) is 27.7 Å². The maximum absolute atomic E-state index is 12.0. The van der Waals surface area contributed by atoms with Crippen LogP contribution >= 0.6 is 11.6 Å². The van der Waals surface area contributed by atoms with Crippen molar-refractivity contribution in [2.45, 2.75) is 13.0 Å². The second-order valence-electron chi connectivity index (χ2n) is 4.94. The Morgan fingerprint density at radius 2 is 1.78 bits per heavy atom. The van der Waals surface area contributed by atoms with Gasteiger partial charge in [0.2, 0.25) is 5.89 Å². The Morgan fingerprint density at radius 3 is 2.57 bits per heavy atom. The van der Waals surface area contributed by atoms with Crippen molar-refractivity contribution >= 4 is 17.5 Å². The van der Waals surface area contributed by atoms with Crippen LogP contribution in [-0.4, -0.2) is 16.1 Å². The molecule has 0 atom stereocenters. The first-order valence-electron chi connectivity index (χ1n) is 7.10. The quantitative estimate of drug-likeness (QED) is 0.781. The molecule has 3 rings (SSSR count). The first kappa shape index (κ1) is 15.2. The fraction of sp³-hybridized carbons (Fsp3) is 0.118. The molecule has 0 saturated heterocycles. The molecular formula is C17H14ClN3O2. The number of aromatic nitrogens is 2. The van der Waals surface area contributed by atoms with Gasteiger partial charge < -0.3 is 9.73 Å². The largest absolute Gasteiger partial charge is 0.417 e. The van der Waals surface area contributed by atoms with Gasteiger partial charge in [-0.15, -0.1) is 10.2 Å². The maximum Gasteiger partial charge on any atom is 0.309 e. The third-order valence-corrected chi connectivity index (χ3v) is 3.63. The number of hydrogen-bond donors (Lipinski definition) is 1. The van der Waals surface area contributed by atoms with Gasteiger partial charge in [0.15, 0.2) is 0 Å². The van der Waals surface area contributed by atoms with Gasteiger partial charge in [0.1, 0.15) is 0 Å². The molecule has 1 aromatic heterocycles. The first-order valence-corrected chi connectivity index (χ1v) is 7.48. The Kier molecular flexibility index (Phi) is 4.68. The third kappa shape index (κ3) is 3.96. The van der Waals surface area contributed by atoms with Crippen LogP contribution in [-0.2, 0) is 13.0 Å². The molecule has 1 amide bonds. The number of carbonyl (C=O) groups excluding carboxylic acids is 1. The topological polar surface area (TPSA) is 68.0 Å². The Balaban J connectivity index is 1.61. The number of hydrogen-bond acceptors (Lipinski definition) is 4. The summed E-state index contributed by atoms with van der Waals surface area (Å²) < 4.78 is 5.40. The fourth-order valence-corrected chi connectivity index (χ4v) is 2.28. The van der Waals surface area contributed by atoms with Gasteiger partial charge in [-0.2, -0.15) is 0 Å². The highest BCUT2D eigenvalue weighted by molar-refractivity contribution is 6.31. The van der Waals surface area contributed by atoms with Crippen LogP contribution in [0.5, 0.6) is 0 Å². The number of carbonyl (C=O) groups is 1. The van der Waals surface area contributed by atoms with Crippen LogP contribution in [0.15, 0.2) is 59.0 Å². The van der Waals surface area contributed by atoms with Gasteiger partial charge in [-0.25, -0.2) is 0 Å². The van der Waals surface area contributed by atoms with Crippen molar-refractivity contribution in [2.24, 2.45) is 0 Å². The Hall–Kier alpha value is -2.66. The summed E-state index contributed by atoms with van der Waals surface area (Å²) in [5.74, 6) is -0.0705. The molecular weight excluding hydrogens is 314 g/mol. The summed E-state index contributed by atoms with van der Waals surface area (Å²) in [4.78, 5) is 12.0. The minimum atomic E-state index is -0.420. The minimum absolute atomic E-state index is 0.0528. The number of amides is 1. The van der Waals surface area contributed by atoms with Gasteiger partial charge in [-0.05, 0) is 17.2 Å². The molecule has 1 N–H and O–H groups in total. The highest BCUT2D eigenvalue weighted by atomic mass is 35.5. The lowest BCUT2D eigenvalue weighted by Crippen LogP contribution is -2.23. The Bertz CT molecular complexity index is 802. The SMILES string of the molecule is O=C(NCc1ccccc1Cl)c1nnc(Cc2ccccc2)o1. The summed E-state index contributed by atoms with van der Waals surface area (Å²) in [7, 11) is 0. The van der Waals surface area contributed by atoms with Gasteiger partial charge in [0, 0.05) is 11.6 Å². The first-order chi connectivity index (χ1) is 11.2. The lowest BCUT2D eigenvalue weighted by atomic mass is 10.2. The normalized spacial score (nSPS) is 10.5. The summed E-state index contributed by atoms with van der Waals surface area (Å²) >= 11 is 6.05. The number of nitrogens with one attached hydrogen (secondary N) is 1. The Labute approximate surface area is 138 Å². The van der Waals surface area contributed by atoms with Gasteiger partial charge in [0.05, 0.1) is 6.42 Å². The lowest BCUT2D eigenvalue weighted by molar-refractivity contribution is 0.0914. The van der Waals surface area contributed by atoms with Crippen LogP contribution in [0.3, 0.4) is 0 Å². The zero-order valence-electron chi connectivity index (χ0n) is 12.2. The van der Waals surface area contributed by atoms with Crippen LogP contribution in [0, 0.1) is 0 Å². The standard InChI is InChI=1S/C17H14ClN3O2/c18-14-9-5-4-8-13(14)11-19-16(22)17-21-20-15(23-17)10-12-6-2-1-3-7-12/h1-9H,10-11H2,(H,19,22). The van der Waals surface area contributed by atoms with E-state index in [0.29, 0.717) is 23.9 Å². The van der Waals surface area contributed by atoms with E-state index in [1.165, 1.54) is 0 Å². The van der Waals surface area contributed by atoms with Gasteiger partial charge >= 0.3 is 11.8 Å². The average molecular weight is 328 g/mol. The maximum atomic E-state index is 12.0. The number of halogens is 1. The molecule has 116 valence electrons. The molecule has 3 aromatic rings. The summed E-state index contributed by atoms with van der Waals surface area (Å²) in [6.07, 6.45) is 0.492. The molecule has 6 heteroatoms. The van der Waals surface area contributed by atoms with Crippen LogP contribution in [0.2, 0.25) is 5.02 Å². The van der Waals surface area contributed by atoms with E-state index in [9.17, 15) is 4.79 Å². The summed E-state index contributed by atoms with van der Waals surface area (Å²) in [5, 5.41) is 11.0. The van der Waals surface area contributed by atoms with E-state index in [1.54, 1.807) is 6.07 Å². The Morgan fingerprint density at radius 1 is 1.04 bits per heavy atom. The molecule has 0 fully saturated rings. The van der Waals surface area contributed by atoms with E-state index in [4.69, 9.17) is 16.0 Å². The molecule has 5 nitrogen and oxygen atoms in total. The molecule has 0 aliphatic carbocycles. The highest BCUT2D eigenvalue weighted by Gasteiger charge is 2.15. The predicted octanol–water partition coefficient (Wildman–Crippen LogP) is 3.24. The van der Waals surface area contributed by atoms with Crippen molar-refractivity contribution in [1.29, 1.82) is 0 Å². The second-order valence-corrected chi connectivity index (χ2v) is 5.34. The molecule has 0 bridgehead atoms. The van der Waals surface area contributed by atoms with Crippen LogP contribution in [0.25, 0.3) is 0 Å². The number of rotatable bonds is 5. The molecule has 2 aromatic carbocycles. The number of benzene rings is 2. The van der Waals surface area contributed by atoms with E-state index in [1.807, 2.05) is 48.5 Å². The zero-order valence-corrected chi connectivity index (χ0v) is 13.0. The lowest BCUT2D eigenvalue weighted by Gasteiger charge is -2.04. The van der Waals surface area contributed by atoms with Crippen molar-refractivity contribution in [3.8, 4) is 0 Å². The van der Waals surface area contributed by atoms with Crippen molar-refractivity contribution in [3.05, 3.63) is 82.5 Å². The third-order valence-electron chi connectivity index (χ3n) is 3.26. The molecule has 0 saturated carbocycles. The highest BCUT2D eigenvalue weighted by Crippen LogP contribution is 2.14. The second kappa shape index (κ2) is 7.07. The summed E-state index contributed by atoms with van der Waals surface area (Å²) in [6, 6.07) is 17.0. The van der Waals surface area contributed by atoms with Gasteiger partial charge in [-0.3, -0.25) is 4.79 Å². The van der Waals surface area contributed by atoms with Crippen molar-refractivity contribution < 1.29 is 9.21 Å². The smallest absolute Gasteiger partial charge is 0.309 e. The summed E-state index contributed by atoms with van der Waals surface area (Å²) in [6.45, 7) is 0.301. The fourth-order valence-electron chi connectivity index (χ4n) is 2.08. The minimum Gasteiger partial charge on any atom is -0.417 e. The molecule has 0 spiro atoms. The number of nitrogens with zero attached hydrogens (tertiary/aromatic N) is 2. The van der Waals surface area contributed by atoms with Crippen LogP contribution in [0.4, 0.5) is 0 Å². The van der Waals surface area contributed by atoms with E-state index < -0.39 is 5.91 Å². The monoisotopic (exact) mass is 327 g/mol. The van der Waals surface area contributed by atoms with Crippen molar-refractivity contribution in [2.75, 3.05) is 0 Å². The molecule has 0 radical (unpaired) electrons. The van der Waals surface area contributed by atoms with Gasteiger partial charge in [0.25, 0.3) is 0 Å². The van der Waals surface area contributed by atoms with Gasteiger partial charge in [-0.1, -0.05) is 60.1 Å². The van der Waals surface area contributed by atoms with E-state index >= 15 is 0 Å². The predicted molar refractivity (Wildman–Crippen MR) is 86.2 cm³/mol. The van der Waals surface area contributed by atoms with Crippen LogP contribution < -0.4 is 5.32 Å². The summed E-state index contributed by atoms with van der Waals surface area (Å²) in [5.41, 5.74) is 1.87. The van der Waals surface area contributed by atoms with Crippen molar-refractivity contribution in [1.82, 2.24) is 15.5 Å². The molecule has 0 unspecified atom stereocenters. The van der Waals surface area contributed by atoms with E-state index in [-0.39, 0.29) is 5.89 Å². The molecule has 1 heterocycles. The molecule has 23 heavy (non-hydrogen) atoms. The van der Waals surface area contributed by atoms with Crippen molar-refractivity contribution in [3.63, 3.8) is 0 Å². The average Bonchev–Trinajstić information content (AvgIpc) is 3.03. The van der Waals surface area contributed by atoms with E-state index in [0.717, 1.165) is 11.1 Å². The van der Waals surface area contributed by atoms with E-state index in [2.05, 4.69) is 15.5 Å². The zero-order chi connectivity index (χ0) is 16.1. The molecule has 0 aliphatic heterocycles.